The molecule has 14 heavy (non-hydrogen) atoms. The van der Waals surface area contributed by atoms with Gasteiger partial charge in [0.15, 0.2) is 5.12 Å². The molecule has 0 aromatic heterocycles. The standard InChI is InChI=1S/C11H22OS.H3N/c1-2-3-4-5-6-7-8-9-10-11(12)13;/h2-10H2,1H3,(H,12,13);1H3/p+1. The fraction of sp³-hybridized carbons (Fsp3) is 0.909. The van der Waals surface area contributed by atoms with E-state index in [9.17, 15) is 4.79 Å². The topological polar surface area (TPSA) is 53.6 Å². The number of rotatable bonds is 9. The molecule has 0 heterocycles. The Hall–Kier alpha value is -0.0200. The van der Waals surface area contributed by atoms with E-state index < -0.39 is 0 Å². The van der Waals surface area contributed by atoms with E-state index in [1.165, 1.54) is 44.9 Å². The van der Waals surface area contributed by atoms with Crippen LogP contribution in [-0.4, -0.2) is 5.12 Å². The second-order valence-corrected chi connectivity index (χ2v) is 4.12. The number of carbonyl (C=O) groups excluding carboxylic acids is 1. The first-order valence-electron chi connectivity index (χ1n) is 5.49. The average molecular weight is 220 g/mol. The maximum atomic E-state index is 10.5. The highest BCUT2D eigenvalue weighted by Gasteiger charge is 1.94. The molecule has 0 aromatic rings. The third-order valence-corrected chi connectivity index (χ3v) is 2.47. The summed E-state index contributed by atoms with van der Waals surface area (Å²) in [5.74, 6) is 0. The highest BCUT2D eigenvalue weighted by atomic mass is 32.1. The van der Waals surface area contributed by atoms with Crippen LogP contribution in [0.5, 0.6) is 0 Å². The molecule has 2 nitrogen and oxygen atoms in total. The highest BCUT2D eigenvalue weighted by Crippen LogP contribution is 2.09. The zero-order chi connectivity index (χ0) is 9.94. The van der Waals surface area contributed by atoms with E-state index in [2.05, 4.69) is 19.6 Å². The fourth-order valence-corrected chi connectivity index (χ4v) is 1.57. The first kappa shape index (κ1) is 16.4. The molecule has 0 aromatic carbocycles. The van der Waals surface area contributed by atoms with Crippen LogP contribution < -0.4 is 6.15 Å². The van der Waals surface area contributed by atoms with Gasteiger partial charge in [0.25, 0.3) is 0 Å². The summed E-state index contributed by atoms with van der Waals surface area (Å²) in [4.78, 5) is 10.5. The van der Waals surface area contributed by atoms with Gasteiger partial charge in [-0.25, -0.2) is 0 Å². The quantitative estimate of drug-likeness (QED) is 0.440. The van der Waals surface area contributed by atoms with Gasteiger partial charge in [-0.15, -0.1) is 12.6 Å². The molecule has 0 fully saturated rings. The highest BCUT2D eigenvalue weighted by molar-refractivity contribution is 7.96. The Balaban J connectivity index is 0. The Labute approximate surface area is 93.8 Å². The zero-order valence-electron chi connectivity index (χ0n) is 9.72. The molecule has 0 amide bonds. The Morgan fingerprint density at radius 1 is 0.929 bits per heavy atom. The van der Waals surface area contributed by atoms with Crippen LogP contribution in [0.3, 0.4) is 0 Å². The van der Waals surface area contributed by atoms with Gasteiger partial charge in [-0.05, 0) is 6.42 Å². The molecule has 0 aliphatic carbocycles. The fourth-order valence-electron chi connectivity index (χ4n) is 1.41. The van der Waals surface area contributed by atoms with Crippen molar-refractivity contribution in [1.29, 1.82) is 0 Å². The summed E-state index contributed by atoms with van der Waals surface area (Å²) >= 11 is 3.73. The van der Waals surface area contributed by atoms with Crippen LogP contribution in [0.4, 0.5) is 0 Å². The van der Waals surface area contributed by atoms with Gasteiger partial charge in [0.05, 0.1) is 0 Å². The Kier molecular flexibility index (Phi) is 15.2. The average Bonchev–Trinajstić information content (AvgIpc) is 2.09. The van der Waals surface area contributed by atoms with Gasteiger partial charge >= 0.3 is 0 Å². The number of unbranched alkanes of at least 4 members (excludes halogenated alkanes) is 7. The van der Waals surface area contributed by atoms with Crippen LogP contribution >= 0.6 is 12.6 Å². The Morgan fingerprint density at radius 2 is 1.36 bits per heavy atom. The molecule has 0 saturated heterocycles. The maximum Gasteiger partial charge on any atom is 0.185 e. The first-order chi connectivity index (χ1) is 6.27. The first-order valence-corrected chi connectivity index (χ1v) is 5.94. The van der Waals surface area contributed by atoms with Crippen molar-refractivity contribution in [2.45, 2.75) is 64.7 Å². The second-order valence-electron chi connectivity index (χ2n) is 3.62. The van der Waals surface area contributed by atoms with E-state index in [4.69, 9.17) is 0 Å². The molecule has 0 aliphatic rings. The van der Waals surface area contributed by atoms with Gasteiger partial charge < -0.3 is 6.15 Å². The molecule has 0 rings (SSSR count). The van der Waals surface area contributed by atoms with Crippen molar-refractivity contribution >= 4 is 17.7 Å². The zero-order valence-corrected chi connectivity index (χ0v) is 10.6. The SMILES string of the molecule is CCCCCCCCCCC(=O)S.[NH4+]. The summed E-state index contributed by atoms with van der Waals surface area (Å²) in [6.45, 7) is 2.23. The molecule has 0 spiro atoms. The van der Waals surface area contributed by atoms with E-state index in [0.29, 0.717) is 6.42 Å². The predicted octanol–water partition coefficient (Wildman–Crippen LogP) is 4.35. The number of hydrogen-bond acceptors (Lipinski definition) is 1. The lowest BCUT2D eigenvalue weighted by Gasteiger charge is -1.99. The maximum absolute atomic E-state index is 10.5. The Bertz CT molecular complexity index is 128. The van der Waals surface area contributed by atoms with E-state index >= 15 is 0 Å². The van der Waals surface area contributed by atoms with Crippen LogP contribution in [0.2, 0.25) is 0 Å². The smallest absolute Gasteiger partial charge is 0.185 e. The molecular weight excluding hydrogens is 194 g/mol. The minimum absolute atomic E-state index is 0. The predicted molar refractivity (Wildman–Crippen MR) is 67.2 cm³/mol. The van der Waals surface area contributed by atoms with Crippen molar-refractivity contribution in [1.82, 2.24) is 6.15 Å². The molecule has 86 valence electrons. The normalized spacial score (nSPS) is 9.57. The minimum Gasteiger partial charge on any atom is -0.369 e. The number of carbonyl (C=O) groups is 1. The second kappa shape index (κ2) is 13.0. The molecule has 0 aliphatic heterocycles. The number of hydrogen-bond donors (Lipinski definition) is 2. The van der Waals surface area contributed by atoms with Gasteiger partial charge in [0.2, 0.25) is 0 Å². The lowest BCUT2D eigenvalue weighted by molar-refractivity contribution is -0.110. The number of thiol groups is 1. The van der Waals surface area contributed by atoms with Gasteiger partial charge in [-0.3, -0.25) is 4.79 Å². The molecule has 4 N–H and O–H groups in total. The summed E-state index contributed by atoms with van der Waals surface area (Å²) in [5.41, 5.74) is 0. The van der Waals surface area contributed by atoms with Crippen LogP contribution in [0.1, 0.15) is 64.7 Å². The van der Waals surface area contributed by atoms with Gasteiger partial charge in [0.1, 0.15) is 0 Å². The van der Waals surface area contributed by atoms with Crippen molar-refractivity contribution in [3.05, 3.63) is 0 Å². The molecule has 0 atom stereocenters. The van der Waals surface area contributed by atoms with Crippen molar-refractivity contribution in [2.24, 2.45) is 0 Å². The third kappa shape index (κ3) is 14.5. The van der Waals surface area contributed by atoms with Crippen molar-refractivity contribution in [2.75, 3.05) is 0 Å². The monoisotopic (exact) mass is 220 g/mol. The third-order valence-electron chi connectivity index (χ3n) is 2.24. The van der Waals surface area contributed by atoms with E-state index in [-0.39, 0.29) is 11.3 Å². The summed E-state index contributed by atoms with van der Waals surface area (Å²) in [7, 11) is 0. The molecule has 3 heteroatoms. The lowest BCUT2D eigenvalue weighted by Crippen LogP contribution is -1.86. The van der Waals surface area contributed by atoms with Gasteiger partial charge in [-0.2, -0.15) is 0 Å². The summed E-state index contributed by atoms with van der Waals surface area (Å²) in [6, 6.07) is 0. The van der Waals surface area contributed by atoms with Gasteiger partial charge in [0, 0.05) is 6.42 Å². The van der Waals surface area contributed by atoms with Gasteiger partial charge in [-0.1, -0.05) is 51.9 Å². The van der Waals surface area contributed by atoms with E-state index in [1.54, 1.807) is 0 Å². The lowest BCUT2D eigenvalue weighted by atomic mass is 10.1. The van der Waals surface area contributed by atoms with Crippen molar-refractivity contribution < 1.29 is 4.79 Å². The largest absolute Gasteiger partial charge is 0.369 e. The molecule has 0 saturated carbocycles. The van der Waals surface area contributed by atoms with Crippen LogP contribution in [0.25, 0.3) is 0 Å². The van der Waals surface area contributed by atoms with Crippen molar-refractivity contribution in [3.8, 4) is 0 Å². The minimum atomic E-state index is 0. The van der Waals surface area contributed by atoms with Crippen LogP contribution in [0, 0.1) is 0 Å². The summed E-state index contributed by atoms with van der Waals surface area (Å²) < 4.78 is 0. The van der Waals surface area contributed by atoms with E-state index in [1.807, 2.05) is 0 Å². The van der Waals surface area contributed by atoms with Crippen LogP contribution in [0.15, 0.2) is 0 Å². The summed E-state index contributed by atoms with van der Waals surface area (Å²) in [6.07, 6.45) is 10.9. The van der Waals surface area contributed by atoms with Crippen LogP contribution in [-0.2, 0) is 4.79 Å². The van der Waals surface area contributed by atoms with Crippen molar-refractivity contribution in [3.63, 3.8) is 0 Å². The number of quaternary nitrogens is 1. The molecule has 0 bridgehead atoms. The molecule has 0 radical (unpaired) electrons. The Morgan fingerprint density at radius 3 is 1.79 bits per heavy atom. The molecular formula is C11H26NOS+. The molecule has 0 unspecified atom stereocenters. The van der Waals surface area contributed by atoms with E-state index in [0.717, 1.165) is 6.42 Å². The summed E-state index contributed by atoms with van der Waals surface area (Å²) in [5, 5.41) is 0.0333.